The average Bonchev–Trinajstić information content (AvgIpc) is 2.47. The van der Waals surface area contributed by atoms with Crippen LogP contribution in [0.25, 0.3) is 0 Å². The van der Waals surface area contributed by atoms with E-state index < -0.39 is 29.1 Å². The lowest BCUT2D eigenvalue weighted by molar-refractivity contribution is -0.137. The molecule has 0 aliphatic carbocycles. The molecule has 0 aliphatic heterocycles. The van der Waals surface area contributed by atoms with Crippen molar-refractivity contribution in [2.24, 2.45) is 11.5 Å². The standard InChI is InChI=1S/C8H6F3NO.C7H7NO2/c9-8(10,11)6-4-2-1-3-5(6)7(12)13;8-7(10)5-3-1-2-4-6(5)9/h1-4H,(H2,12,13);1-4,9H,(H2,8,10). The molecule has 0 bridgehead atoms. The molecular formula is C15H13F3N2O3. The quantitative estimate of drug-likeness (QED) is 0.788. The van der Waals surface area contributed by atoms with E-state index in [-0.39, 0.29) is 11.3 Å². The van der Waals surface area contributed by atoms with Gasteiger partial charge in [0.05, 0.1) is 16.7 Å². The summed E-state index contributed by atoms with van der Waals surface area (Å²) in [5.41, 5.74) is 8.34. The average molecular weight is 326 g/mol. The number of phenols is 1. The van der Waals surface area contributed by atoms with Gasteiger partial charge in [0, 0.05) is 0 Å². The molecule has 0 spiro atoms. The molecule has 2 aromatic carbocycles. The number of carbonyl (C=O) groups excluding carboxylic acids is 2. The van der Waals surface area contributed by atoms with Crippen molar-refractivity contribution < 1.29 is 27.9 Å². The summed E-state index contributed by atoms with van der Waals surface area (Å²) in [6, 6.07) is 10.6. The largest absolute Gasteiger partial charge is 0.507 e. The summed E-state index contributed by atoms with van der Waals surface area (Å²) in [5.74, 6) is -1.76. The fourth-order valence-corrected chi connectivity index (χ4v) is 1.63. The molecule has 8 heteroatoms. The second kappa shape index (κ2) is 7.30. The van der Waals surface area contributed by atoms with Gasteiger partial charge in [0.1, 0.15) is 5.75 Å². The summed E-state index contributed by atoms with van der Waals surface area (Å²) < 4.78 is 36.6. The van der Waals surface area contributed by atoms with E-state index in [0.29, 0.717) is 0 Å². The molecule has 2 rings (SSSR count). The Bertz CT molecular complexity index is 715. The van der Waals surface area contributed by atoms with Gasteiger partial charge in [0.25, 0.3) is 5.91 Å². The van der Waals surface area contributed by atoms with Crippen LogP contribution < -0.4 is 11.5 Å². The van der Waals surface area contributed by atoms with Crippen LogP contribution in [0.5, 0.6) is 5.75 Å². The number of halogens is 3. The van der Waals surface area contributed by atoms with Crippen LogP contribution in [-0.2, 0) is 6.18 Å². The summed E-state index contributed by atoms with van der Waals surface area (Å²) in [4.78, 5) is 21.1. The third-order valence-electron chi connectivity index (χ3n) is 2.67. The van der Waals surface area contributed by atoms with Crippen molar-refractivity contribution >= 4 is 11.8 Å². The van der Waals surface area contributed by atoms with E-state index >= 15 is 0 Å². The molecule has 0 unspecified atom stereocenters. The van der Waals surface area contributed by atoms with Gasteiger partial charge >= 0.3 is 6.18 Å². The lowest BCUT2D eigenvalue weighted by atomic mass is 10.1. The number of primary amides is 2. The maximum atomic E-state index is 12.2. The molecule has 0 atom stereocenters. The number of aromatic hydroxyl groups is 1. The Kier molecular flexibility index (Phi) is 5.72. The van der Waals surface area contributed by atoms with Crippen LogP contribution in [0.4, 0.5) is 13.2 Å². The number of hydrogen-bond donors (Lipinski definition) is 3. The lowest BCUT2D eigenvalue weighted by Crippen LogP contribution is -2.18. The molecule has 0 fully saturated rings. The summed E-state index contributed by atoms with van der Waals surface area (Å²) >= 11 is 0. The van der Waals surface area contributed by atoms with E-state index in [9.17, 15) is 22.8 Å². The first kappa shape index (κ1) is 18.0. The molecule has 5 nitrogen and oxygen atoms in total. The first-order valence-electron chi connectivity index (χ1n) is 6.18. The fourth-order valence-electron chi connectivity index (χ4n) is 1.63. The number of carbonyl (C=O) groups is 2. The molecule has 5 N–H and O–H groups in total. The fraction of sp³-hybridized carbons (Fsp3) is 0.0667. The zero-order valence-electron chi connectivity index (χ0n) is 11.7. The third kappa shape index (κ3) is 5.03. The summed E-state index contributed by atoms with van der Waals surface area (Å²) in [6.07, 6.45) is -4.54. The van der Waals surface area contributed by atoms with Gasteiger partial charge in [-0.3, -0.25) is 9.59 Å². The molecule has 0 heterocycles. The molecule has 2 aromatic rings. The molecule has 122 valence electrons. The Morgan fingerprint density at radius 1 is 0.826 bits per heavy atom. The normalized spacial score (nSPS) is 10.4. The predicted molar refractivity (Wildman–Crippen MR) is 76.6 cm³/mol. The molecule has 0 saturated carbocycles. The first-order chi connectivity index (χ1) is 10.6. The highest BCUT2D eigenvalue weighted by molar-refractivity contribution is 5.95. The van der Waals surface area contributed by atoms with Gasteiger partial charge in [0.15, 0.2) is 0 Å². The number of alkyl halides is 3. The Hall–Kier alpha value is -3.03. The lowest BCUT2D eigenvalue weighted by Gasteiger charge is -2.09. The Labute approximate surface area is 129 Å². The SMILES string of the molecule is NC(=O)c1ccccc1C(F)(F)F.NC(=O)c1ccccc1O. The van der Waals surface area contributed by atoms with E-state index in [2.05, 4.69) is 0 Å². The highest BCUT2D eigenvalue weighted by atomic mass is 19.4. The third-order valence-corrected chi connectivity index (χ3v) is 2.67. The van der Waals surface area contributed by atoms with Crippen molar-refractivity contribution in [1.29, 1.82) is 0 Å². The van der Waals surface area contributed by atoms with Crippen molar-refractivity contribution in [2.75, 3.05) is 0 Å². The van der Waals surface area contributed by atoms with E-state index in [4.69, 9.17) is 16.6 Å². The number of benzene rings is 2. The minimum Gasteiger partial charge on any atom is -0.507 e. The van der Waals surface area contributed by atoms with Gasteiger partial charge in [-0.1, -0.05) is 24.3 Å². The molecule has 0 aromatic heterocycles. The van der Waals surface area contributed by atoms with Gasteiger partial charge in [-0.05, 0) is 24.3 Å². The second-order valence-electron chi connectivity index (χ2n) is 4.29. The van der Waals surface area contributed by atoms with E-state index in [1.807, 2.05) is 0 Å². The minimum atomic E-state index is -4.54. The van der Waals surface area contributed by atoms with Crippen LogP contribution in [-0.4, -0.2) is 16.9 Å². The van der Waals surface area contributed by atoms with Gasteiger partial charge in [-0.15, -0.1) is 0 Å². The number of hydrogen-bond acceptors (Lipinski definition) is 3. The van der Waals surface area contributed by atoms with Gasteiger partial charge in [-0.2, -0.15) is 13.2 Å². The van der Waals surface area contributed by atoms with Crippen molar-refractivity contribution in [3.05, 3.63) is 65.2 Å². The summed E-state index contributed by atoms with van der Waals surface area (Å²) in [6.45, 7) is 0. The zero-order chi connectivity index (χ0) is 17.6. The van der Waals surface area contributed by atoms with E-state index in [1.165, 1.54) is 24.3 Å². The topological polar surface area (TPSA) is 106 Å². The highest BCUT2D eigenvalue weighted by Crippen LogP contribution is 2.31. The first-order valence-corrected chi connectivity index (χ1v) is 6.18. The maximum absolute atomic E-state index is 12.2. The molecule has 0 aliphatic rings. The Morgan fingerprint density at radius 3 is 1.61 bits per heavy atom. The zero-order valence-corrected chi connectivity index (χ0v) is 11.7. The van der Waals surface area contributed by atoms with Crippen molar-refractivity contribution in [2.45, 2.75) is 6.18 Å². The van der Waals surface area contributed by atoms with Crippen molar-refractivity contribution in [3.8, 4) is 5.75 Å². The minimum absolute atomic E-state index is 0.0741. The van der Waals surface area contributed by atoms with Crippen LogP contribution in [0.3, 0.4) is 0 Å². The molecule has 0 saturated heterocycles. The van der Waals surface area contributed by atoms with Gasteiger partial charge in [-0.25, -0.2) is 0 Å². The van der Waals surface area contributed by atoms with Crippen LogP contribution in [0.15, 0.2) is 48.5 Å². The summed E-state index contributed by atoms with van der Waals surface area (Å²) in [7, 11) is 0. The molecular weight excluding hydrogens is 313 g/mol. The second-order valence-corrected chi connectivity index (χ2v) is 4.29. The van der Waals surface area contributed by atoms with E-state index in [1.54, 1.807) is 12.1 Å². The number of rotatable bonds is 2. The Morgan fingerprint density at radius 2 is 1.26 bits per heavy atom. The smallest absolute Gasteiger partial charge is 0.417 e. The van der Waals surface area contributed by atoms with Crippen LogP contribution in [0.1, 0.15) is 26.3 Å². The van der Waals surface area contributed by atoms with Crippen LogP contribution >= 0.6 is 0 Å². The van der Waals surface area contributed by atoms with Gasteiger partial charge < -0.3 is 16.6 Å². The van der Waals surface area contributed by atoms with Crippen LogP contribution in [0.2, 0.25) is 0 Å². The monoisotopic (exact) mass is 326 g/mol. The molecule has 0 radical (unpaired) electrons. The van der Waals surface area contributed by atoms with Crippen molar-refractivity contribution in [3.63, 3.8) is 0 Å². The van der Waals surface area contributed by atoms with Gasteiger partial charge in [0.2, 0.25) is 5.91 Å². The molecule has 23 heavy (non-hydrogen) atoms. The summed E-state index contributed by atoms with van der Waals surface area (Å²) in [5, 5.41) is 8.98. The highest BCUT2D eigenvalue weighted by Gasteiger charge is 2.34. The number of nitrogens with two attached hydrogens (primary N) is 2. The number of amides is 2. The van der Waals surface area contributed by atoms with Crippen molar-refractivity contribution in [1.82, 2.24) is 0 Å². The van der Waals surface area contributed by atoms with Crippen LogP contribution in [0, 0.1) is 0 Å². The van der Waals surface area contributed by atoms with E-state index in [0.717, 1.165) is 12.1 Å². The Balaban J connectivity index is 0.000000238. The maximum Gasteiger partial charge on any atom is 0.417 e. The number of para-hydroxylation sites is 1. The predicted octanol–water partition coefficient (Wildman–Crippen LogP) is 2.30. The molecule has 2 amide bonds.